The lowest BCUT2D eigenvalue weighted by Crippen LogP contribution is -2.51. The highest BCUT2D eigenvalue weighted by Gasteiger charge is 2.29. The van der Waals surface area contributed by atoms with Crippen LogP contribution < -0.4 is 10.1 Å². The quantitative estimate of drug-likeness (QED) is 0.328. The molecule has 0 aliphatic carbocycles. The monoisotopic (exact) mass is 487 g/mol. The molecule has 0 radical (unpaired) electrons. The van der Waals surface area contributed by atoms with Crippen molar-refractivity contribution in [2.75, 3.05) is 12.9 Å². The second-order valence-corrected chi connectivity index (χ2v) is 9.02. The van der Waals surface area contributed by atoms with Crippen LogP contribution in [-0.4, -0.2) is 46.6 Å². The van der Waals surface area contributed by atoms with Crippen molar-refractivity contribution in [2.45, 2.75) is 58.0 Å². The summed E-state index contributed by atoms with van der Waals surface area (Å²) in [6, 6.07) is 13.2. The molecule has 0 saturated heterocycles. The summed E-state index contributed by atoms with van der Waals surface area (Å²) in [7, 11) is 1.59. The third-order valence-corrected chi connectivity index (χ3v) is 6.50. The lowest BCUT2D eigenvalue weighted by Gasteiger charge is -2.31. The summed E-state index contributed by atoms with van der Waals surface area (Å²) in [6.07, 6.45) is 1.29. The number of carbonyl (C=O) groups excluding carboxylic acids is 2. The Morgan fingerprint density at radius 3 is 2.41 bits per heavy atom. The van der Waals surface area contributed by atoms with Gasteiger partial charge in [0, 0.05) is 30.5 Å². The Hall–Kier alpha value is -3.07. The highest BCUT2D eigenvalue weighted by atomic mass is 32.2. The Bertz CT molecular complexity index is 967. The molecule has 1 N–H and O–H groups in total. The molecule has 8 nitrogen and oxygen atoms in total. The van der Waals surface area contributed by atoms with Gasteiger partial charge in [0.15, 0.2) is 0 Å². The molecule has 0 heterocycles. The SMILES string of the molecule is CCC(C)NC(=O)C(CC)N(Cc1cccc(OC)c1)C(=O)CSCc1ccc([N+](=O)[O-])cc1. The largest absolute Gasteiger partial charge is 0.497 e. The molecule has 0 bridgehead atoms. The van der Waals surface area contributed by atoms with Gasteiger partial charge < -0.3 is 15.0 Å². The number of hydrogen-bond donors (Lipinski definition) is 1. The van der Waals surface area contributed by atoms with Gasteiger partial charge in [-0.05, 0) is 43.0 Å². The number of non-ortho nitro benzene ring substituents is 1. The molecule has 0 saturated carbocycles. The number of nitrogens with zero attached hydrogens (tertiary/aromatic N) is 2. The van der Waals surface area contributed by atoms with E-state index in [-0.39, 0.29) is 29.3 Å². The van der Waals surface area contributed by atoms with Gasteiger partial charge >= 0.3 is 0 Å². The minimum atomic E-state index is -0.590. The van der Waals surface area contributed by atoms with Gasteiger partial charge in [-0.2, -0.15) is 0 Å². The number of amides is 2. The second-order valence-electron chi connectivity index (χ2n) is 8.03. The maximum atomic E-state index is 13.3. The topological polar surface area (TPSA) is 102 Å². The van der Waals surface area contributed by atoms with Crippen molar-refractivity contribution in [1.82, 2.24) is 10.2 Å². The van der Waals surface area contributed by atoms with Crippen LogP contribution in [0.15, 0.2) is 48.5 Å². The first kappa shape index (κ1) is 27.2. The number of nitrogens with one attached hydrogen (secondary N) is 1. The molecular formula is C25H33N3O5S. The van der Waals surface area contributed by atoms with Crippen molar-refractivity contribution in [3.05, 3.63) is 69.8 Å². The number of nitro benzene ring substituents is 1. The van der Waals surface area contributed by atoms with Crippen LogP contribution in [0.4, 0.5) is 5.69 Å². The predicted molar refractivity (Wildman–Crippen MR) is 135 cm³/mol. The van der Waals surface area contributed by atoms with Gasteiger partial charge in [0.25, 0.3) is 5.69 Å². The Balaban J connectivity index is 2.14. The van der Waals surface area contributed by atoms with Crippen LogP contribution in [0.3, 0.4) is 0 Å². The molecule has 0 aliphatic heterocycles. The summed E-state index contributed by atoms with van der Waals surface area (Å²) in [5.41, 5.74) is 1.81. The van der Waals surface area contributed by atoms with Crippen molar-refractivity contribution in [3.8, 4) is 5.75 Å². The second kappa shape index (κ2) is 13.6. The average Bonchev–Trinajstić information content (AvgIpc) is 2.84. The van der Waals surface area contributed by atoms with Crippen LogP contribution in [0.25, 0.3) is 0 Å². The van der Waals surface area contributed by atoms with Crippen molar-refractivity contribution < 1.29 is 19.2 Å². The van der Waals surface area contributed by atoms with E-state index < -0.39 is 11.0 Å². The van der Waals surface area contributed by atoms with Crippen molar-refractivity contribution in [1.29, 1.82) is 0 Å². The van der Waals surface area contributed by atoms with Crippen LogP contribution in [0.5, 0.6) is 5.75 Å². The molecule has 2 aromatic rings. The number of methoxy groups -OCH3 is 1. The lowest BCUT2D eigenvalue weighted by atomic mass is 10.1. The molecule has 2 atom stereocenters. The smallest absolute Gasteiger partial charge is 0.269 e. The minimum absolute atomic E-state index is 0.0202. The molecule has 0 aromatic heterocycles. The number of rotatable bonds is 13. The highest BCUT2D eigenvalue weighted by molar-refractivity contribution is 7.99. The van der Waals surface area contributed by atoms with E-state index in [1.54, 1.807) is 24.1 Å². The van der Waals surface area contributed by atoms with E-state index in [2.05, 4.69) is 5.32 Å². The van der Waals surface area contributed by atoms with Crippen LogP contribution in [0.1, 0.15) is 44.7 Å². The molecule has 2 aromatic carbocycles. The molecule has 0 fully saturated rings. The minimum Gasteiger partial charge on any atom is -0.497 e. The third kappa shape index (κ3) is 8.06. The summed E-state index contributed by atoms with van der Waals surface area (Å²) >= 11 is 1.42. The van der Waals surface area contributed by atoms with Crippen molar-refractivity contribution in [3.63, 3.8) is 0 Å². The molecule has 184 valence electrons. The zero-order valence-electron chi connectivity index (χ0n) is 20.2. The van der Waals surface area contributed by atoms with Gasteiger partial charge in [0.2, 0.25) is 11.8 Å². The van der Waals surface area contributed by atoms with E-state index in [1.165, 1.54) is 23.9 Å². The van der Waals surface area contributed by atoms with E-state index >= 15 is 0 Å². The zero-order chi connectivity index (χ0) is 25.1. The fraction of sp³-hybridized carbons (Fsp3) is 0.440. The van der Waals surface area contributed by atoms with Gasteiger partial charge in [0.05, 0.1) is 17.8 Å². The molecular weight excluding hydrogens is 454 g/mol. The summed E-state index contributed by atoms with van der Waals surface area (Å²) in [4.78, 5) is 38.3. The van der Waals surface area contributed by atoms with E-state index in [4.69, 9.17) is 4.74 Å². The zero-order valence-corrected chi connectivity index (χ0v) is 21.0. The number of nitro groups is 1. The summed E-state index contributed by atoms with van der Waals surface area (Å²) in [5.74, 6) is 1.12. The van der Waals surface area contributed by atoms with Crippen LogP contribution in [0, 0.1) is 10.1 Å². The van der Waals surface area contributed by atoms with E-state index in [0.29, 0.717) is 24.5 Å². The van der Waals surface area contributed by atoms with Crippen LogP contribution in [-0.2, 0) is 21.9 Å². The van der Waals surface area contributed by atoms with Gasteiger partial charge in [0.1, 0.15) is 11.8 Å². The summed E-state index contributed by atoms with van der Waals surface area (Å²) < 4.78 is 5.31. The van der Waals surface area contributed by atoms with E-state index in [9.17, 15) is 19.7 Å². The van der Waals surface area contributed by atoms with Gasteiger partial charge in [-0.15, -0.1) is 11.8 Å². The molecule has 2 rings (SSSR count). The molecule has 2 unspecified atom stereocenters. The van der Waals surface area contributed by atoms with Crippen molar-refractivity contribution in [2.24, 2.45) is 0 Å². The fourth-order valence-electron chi connectivity index (χ4n) is 3.38. The Labute approximate surface area is 205 Å². The fourth-order valence-corrected chi connectivity index (χ4v) is 4.25. The lowest BCUT2D eigenvalue weighted by molar-refractivity contribution is -0.384. The highest BCUT2D eigenvalue weighted by Crippen LogP contribution is 2.21. The Kier molecular flexibility index (Phi) is 10.9. The van der Waals surface area contributed by atoms with Crippen molar-refractivity contribution >= 4 is 29.3 Å². The van der Waals surface area contributed by atoms with Crippen LogP contribution >= 0.6 is 11.8 Å². The van der Waals surface area contributed by atoms with Crippen LogP contribution in [0.2, 0.25) is 0 Å². The standard InChI is InChI=1S/C25H33N3O5S/c1-5-18(3)26-25(30)23(6-2)27(15-20-8-7-9-22(14-20)33-4)24(29)17-34-16-19-10-12-21(13-11-19)28(31)32/h7-14,18,23H,5-6,15-17H2,1-4H3,(H,26,30). The molecule has 9 heteroatoms. The first-order valence-corrected chi connectivity index (χ1v) is 12.5. The molecule has 0 aliphatic rings. The number of benzene rings is 2. The number of hydrogen-bond acceptors (Lipinski definition) is 6. The number of thioether (sulfide) groups is 1. The maximum absolute atomic E-state index is 13.3. The van der Waals surface area contributed by atoms with Gasteiger partial charge in [-0.25, -0.2) is 0 Å². The number of carbonyl (C=O) groups is 2. The maximum Gasteiger partial charge on any atom is 0.269 e. The molecule has 0 spiro atoms. The third-order valence-electron chi connectivity index (χ3n) is 5.52. The first-order chi connectivity index (χ1) is 16.3. The first-order valence-electron chi connectivity index (χ1n) is 11.3. The number of ether oxygens (including phenoxy) is 1. The Morgan fingerprint density at radius 1 is 1.12 bits per heavy atom. The molecule has 34 heavy (non-hydrogen) atoms. The Morgan fingerprint density at radius 2 is 1.82 bits per heavy atom. The molecule has 2 amide bonds. The van der Waals surface area contributed by atoms with E-state index in [0.717, 1.165) is 17.5 Å². The van der Waals surface area contributed by atoms with E-state index in [1.807, 2.05) is 45.0 Å². The summed E-state index contributed by atoms with van der Waals surface area (Å²) in [5, 5.41) is 13.8. The normalized spacial score (nSPS) is 12.5. The summed E-state index contributed by atoms with van der Waals surface area (Å²) in [6.45, 7) is 6.14. The predicted octanol–water partition coefficient (Wildman–Crippen LogP) is 4.56. The van der Waals surface area contributed by atoms with Gasteiger partial charge in [-0.3, -0.25) is 19.7 Å². The van der Waals surface area contributed by atoms with Gasteiger partial charge in [-0.1, -0.05) is 38.1 Å². The average molecular weight is 488 g/mol.